The highest BCUT2D eigenvalue weighted by atomic mass is 127. The molecule has 0 bridgehead atoms. The topological polar surface area (TPSA) is 65.0 Å². The van der Waals surface area contributed by atoms with Crippen LogP contribution in [-0.4, -0.2) is 76.7 Å². The summed E-state index contributed by atoms with van der Waals surface area (Å²) >= 11 is 0. The maximum atomic E-state index is 11.5. The molecule has 0 amide bonds. The minimum Gasteiger partial charge on any atom is -0.356 e. The molecule has 0 aliphatic carbocycles. The SMILES string of the molecule is CN=C(NCCc1ccc(S(C)(=O)=O)cc1)N1CCN(CC(C)C)CC1.I. The molecule has 1 aliphatic rings. The van der Waals surface area contributed by atoms with Gasteiger partial charge in [0.1, 0.15) is 0 Å². The lowest BCUT2D eigenvalue weighted by Crippen LogP contribution is -2.53. The zero-order valence-corrected chi connectivity index (χ0v) is 20.0. The number of nitrogens with zero attached hydrogens (tertiary/aromatic N) is 3. The Labute approximate surface area is 181 Å². The third-order valence-electron chi connectivity index (χ3n) is 4.56. The van der Waals surface area contributed by atoms with Gasteiger partial charge in [-0.1, -0.05) is 26.0 Å². The van der Waals surface area contributed by atoms with E-state index in [0.29, 0.717) is 10.8 Å². The normalized spacial score (nSPS) is 16.3. The Bertz CT molecular complexity index is 697. The number of halogens is 1. The fourth-order valence-electron chi connectivity index (χ4n) is 3.21. The van der Waals surface area contributed by atoms with Crippen LogP contribution in [-0.2, 0) is 16.3 Å². The van der Waals surface area contributed by atoms with Crippen LogP contribution in [0.2, 0.25) is 0 Å². The first-order valence-corrected chi connectivity index (χ1v) is 11.2. The molecule has 6 nitrogen and oxygen atoms in total. The summed E-state index contributed by atoms with van der Waals surface area (Å²) in [7, 11) is -1.31. The summed E-state index contributed by atoms with van der Waals surface area (Å²) in [6.45, 7) is 10.6. The van der Waals surface area contributed by atoms with Crippen LogP contribution in [0.1, 0.15) is 19.4 Å². The average Bonchev–Trinajstić information content (AvgIpc) is 2.59. The second kappa shape index (κ2) is 11.2. The van der Waals surface area contributed by atoms with E-state index in [4.69, 9.17) is 0 Å². The molecular weight excluding hydrogens is 475 g/mol. The molecule has 0 saturated carbocycles. The van der Waals surface area contributed by atoms with Crippen LogP contribution >= 0.6 is 24.0 Å². The van der Waals surface area contributed by atoms with Crippen LogP contribution in [0, 0.1) is 5.92 Å². The summed E-state index contributed by atoms with van der Waals surface area (Å²) in [5, 5.41) is 3.43. The van der Waals surface area contributed by atoms with E-state index in [2.05, 4.69) is 34.0 Å². The molecular formula is C19H33IN4O2S. The van der Waals surface area contributed by atoms with Crippen LogP contribution in [0.15, 0.2) is 34.2 Å². The molecule has 1 heterocycles. The van der Waals surface area contributed by atoms with Gasteiger partial charge in [-0.25, -0.2) is 8.42 Å². The van der Waals surface area contributed by atoms with Crippen LogP contribution in [0.25, 0.3) is 0 Å². The molecule has 0 aromatic heterocycles. The Morgan fingerprint density at radius 1 is 1.15 bits per heavy atom. The lowest BCUT2D eigenvalue weighted by molar-refractivity contribution is 0.164. The number of aliphatic imine (C=N–C) groups is 1. The van der Waals surface area contributed by atoms with Gasteiger partial charge in [0.15, 0.2) is 15.8 Å². The van der Waals surface area contributed by atoms with Gasteiger partial charge in [-0.15, -0.1) is 24.0 Å². The monoisotopic (exact) mass is 508 g/mol. The Morgan fingerprint density at radius 3 is 2.22 bits per heavy atom. The number of guanidine groups is 1. The number of sulfone groups is 1. The predicted molar refractivity (Wildman–Crippen MR) is 123 cm³/mol. The largest absolute Gasteiger partial charge is 0.356 e. The maximum absolute atomic E-state index is 11.5. The molecule has 8 heteroatoms. The van der Waals surface area contributed by atoms with E-state index in [-0.39, 0.29) is 24.0 Å². The van der Waals surface area contributed by atoms with E-state index in [0.717, 1.165) is 57.2 Å². The predicted octanol–water partition coefficient (Wildman–Crippen LogP) is 2.10. The summed E-state index contributed by atoms with van der Waals surface area (Å²) in [5.74, 6) is 1.65. The van der Waals surface area contributed by atoms with E-state index in [1.165, 1.54) is 6.26 Å². The standard InChI is InChI=1S/C19H32N4O2S.HI/c1-16(2)15-22-11-13-23(14-12-22)19(20-3)21-10-9-17-5-7-18(8-6-17)26(4,24)25;/h5-8,16H,9-15H2,1-4H3,(H,20,21);1H. The van der Waals surface area contributed by atoms with Crippen molar-refractivity contribution in [3.63, 3.8) is 0 Å². The summed E-state index contributed by atoms with van der Waals surface area (Å²) in [5.41, 5.74) is 1.11. The molecule has 1 aromatic rings. The minimum atomic E-state index is -3.13. The van der Waals surface area contributed by atoms with Crippen molar-refractivity contribution >= 4 is 39.8 Å². The average molecular weight is 508 g/mol. The lowest BCUT2D eigenvalue weighted by atomic mass is 10.1. The van der Waals surface area contributed by atoms with Gasteiger partial charge >= 0.3 is 0 Å². The minimum absolute atomic E-state index is 0. The number of hydrogen-bond donors (Lipinski definition) is 1. The van der Waals surface area contributed by atoms with Gasteiger partial charge in [0.25, 0.3) is 0 Å². The number of piperazine rings is 1. The van der Waals surface area contributed by atoms with Gasteiger partial charge < -0.3 is 10.2 Å². The van der Waals surface area contributed by atoms with Gasteiger partial charge in [-0.2, -0.15) is 0 Å². The van der Waals surface area contributed by atoms with Crippen molar-refractivity contribution in [1.82, 2.24) is 15.1 Å². The molecule has 154 valence electrons. The Hall–Kier alpha value is -0.870. The molecule has 1 saturated heterocycles. The lowest BCUT2D eigenvalue weighted by Gasteiger charge is -2.37. The molecule has 1 aliphatic heterocycles. The maximum Gasteiger partial charge on any atom is 0.193 e. The number of benzene rings is 1. The van der Waals surface area contributed by atoms with Crippen LogP contribution in [0.3, 0.4) is 0 Å². The molecule has 1 aromatic carbocycles. The van der Waals surface area contributed by atoms with Crippen molar-refractivity contribution in [3.05, 3.63) is 29.8 Å². The van der Waals surface area contributed by atoms with Gasteiger partial charge in [-0.05, 0) is 30.0 Å². The summed E-state index contributed by atoms with van der Waals surface area (Å²) in [6, 6.07) is 7.11. The first kappa shape index (κ1) is 24.2. The van der Waals surface area contributed by atoms with E-state index in [1.807, 2.05) is 19.2 Å². The molecule has 0 atom stereocenters. The fraction of sp³-hybridized carbons (Fsp3) is 0.632. The summed E-state index contributed by atoms with van der Waals surface area (Å²) in [4.78, 5) is 9.59. The van der Waals surface area contributed by atoms with E-state index < -0.39 is 9.84 Å². The summed E-state index contributed by atoms with van der Waals surface area (Å²) < 4.78 is 23.0. The fourth-order valence-corrected chi connectivity index (χ4v) is 3.84. The zero-order valence-electron chi connectivity index (χ0n) is 16.8. The van der Waals surface area contributed by atoms with Crippen molar-refractivity contribution in [2.45, 2.75) is 25.2 Å². The highest BCUT2D eigenvalue weighted by Gasteiger charge is 2.19. The van der Waals surface area contributed by atoms with Crippen molar-refractivity contribution in [2.24, 2.45) is 10.9 Å². The Balaban J connectivity index is 0.00000364. The summed E-state index contributed by atoms with van der Waals surface area (Å²) in [6.07, 6.45) is 2.06. The molecule has 27 heavy (non-hydrogen) atoms. The second-order valence-corrected chi connectivity index (χ2v) is 9.34. The van der Waals surface area contributed by atoms with Gasteiger partial charge in [0.2, 0.25) is 0 Å². The highest BCUT2D eigenvalue weighted by molar-refractivity contribution is 14.0. The van der Waals surface area contributed by atoms with Crippen molar-refractivity contribution in [3.8, 4) is 0 Å². The second-order valence-electron chi connectivity index (χ2n) is 7.32. The highest BCUT2D eigenvalue weighted by Crippen LogP contribution is 2.11. The molecule has 1 N–H and O–H groups in total. The zero-order chi connectivity index (χ0) is 19.2. The number of rotatable bonds is 6. The molecule has 2 rings (SSSR count). The Morgan fingerprint density at radius 2 is 1.74 bits per heavy atom. The van der Waals surface area contributed by atoms with E-state index >= 15 is 0 Å². The first-order valence-electron chi connectivity index (χ1n) is 9.26. The first-order chi connectivity index (χ1) is 12.3. The third-order valence-corrected chi connectivity index (χ3v) is 5.68. The van der Waals surface area contributed by atoms with Crippen molar-refractivity contribution < 1.29 is 8.42 Å². The molecule has 1 fully saturated rings. The number of hydrogen-bond acceptors (Lipinski definition) is 4. The van der Waals surface area contributed by atoms with Crippen LogP contribution < -0.4 is 5.32 Å². The van der Waals surface area contributed by atoms with Crippen molar-refractivity contribution in [1.29, 1.82) is 0 Å². The smallest absolute Gasteiger partial charge is 0.193 e. The van der Waals surface area contributed by atoms with Gasteiger partial charge in [0, 0.05) is 52.6 Å². The van der Waals surface area contributed by atoms with Gasteiger partial charge in [-0.3, -0.25) is 9.89 Å². The number of nitrogens with one attached hydrogen (secondary N) is 1. The van der Waals surface area contributed by atoms with Crippen molar-refractivity contribution in [2.75, 3.05) is 52.6 Å². The van der Waals surface area contributed by atoms with E-state index in [9.17, 15) is 8.42 Å². The molecule has 0 radical (unpaired) electrons. The molecule has 0 spiro atoms. The van der Waals surface area contributed by atoms with Gasteiger partial charge in [0.05, 0.1) is 4.90 Å². The van der Waals surface area contributed by atoms with Crippen LogP contribution in [0.4, 0.5) is 0 Å². The van der Waals surface area contributed by atoms with Crippen LogP contribution in [0.5, 0.6) is 0 Å². The molecule has 0 unspecified atom stereocenters. The third kappa shape index (κ3) is 7.95. The quantitative estimate of drug-likeness (QED) is 0.362. The Kier molecular flexibility index (Phi) is 10.0. The van der Waals surface area contributed by atoms with E-state index in [1.54, 1.807) is 12.1 Å².